The summed E-state index contributed by atoms with van der Waals surface area (Å²) in [5.74, 6) is -1.13. The minimum absolute atomic E-state index is 0.487. The first-order valence-corrected chi connectivity index (χ1v) is 6.90. The molecule has 0 spiro atoms. The molecule has 0 saturated carbocycles. The van der Waals surface area contributed by atoms with Gasteiger partial charge in [0.2, 0.25) is 0 Å². The van der Waals surface area contributed by atoms with E-state index in [0.717, 1.165) is 11.8 Å². The molecule has 2 rings (SSSR count). The van der Waals surface area contributed by atoms with E-state index in [4.69, 9.17) is 9.31 Å². The molecule has 1 saturated heterocycles. The van der Waals surface area contributed by atoms with Crippen molar-refractivity contribution in [2.45, 2.75) is 45.1 Å². The summed E-state index contributed by atoms with van der Waals surface area (Å²) >= 11 is 0. The van der Waals surface area contributed by atoms with Gasteiger partial charge in [0.1, 0.15) is 11.2 Å². The zero-order chi connectivity index (χ0) is 17.8. The first-order valence-electron chi connectivity index (χ1n) is 6.90. The first kappa shape index (κ1) is 17.8. The molecule has 1 aliphatic rings. The van der Waals surface area contributed by atoms with Crippen molar-refractivity contribution >= 4 is 18.7 Å². The van der Waals surface area contributed by atoms with Gasteiger partial charge in [-0.2, -0.15) is 18.3 Å². The maximum atomic E-state index is 13.5. The second-order valence-electron chi connectivity index (χ2n) is 6.31. The topological polar surface area (TPSA) is 62.6 Å². The Morgan fingerprint density at radius 3 is 2.09 bits per heavy atom. The Labute approximate surface area is 132 Å². The Morgan fingerprint density at radius 2 is 1.70 bits per heavy atom. The molecule has 1 fully saturated rings. The molecular weight excluding hydrogens is 316 g/mol. The Bertz CT molecular complexity index is 624. The van der Waals surface area contributed by atoms with Crippen molar-refractivity contribution in [3.8, 4) is 0 Å². The van der Waals surface area contributed by atoms with Crippen LogP contribution in [-0.4, -0.2) is 41.2 Å². The van der Waals surface area contributed by atoms with Gasteiger partial charge in [0.15, 0.2) is 5.69 Å². The number of hydrogen-bond acceptors (Lipinski definition) is 5. The highest BCUT2D eigenvalue weighted by molar-refractivity contribution is 6.61. The third-order valence-corrected chi connectivity index (χ3v) is 4.21. The number of esters is 1. The number of aromatic nitrogens is 2. The summed E-state index contributed by atoms with van der Waals surface area (Å²) in [6.45, 7) is 6.85. The van der Waals surface area contributed by atoms with Crippen molar-refractivity contribution in [2.24, 2.45) is 7.05 Å². The van der Waals surface area contributed by atoms with E-state index in [1.807, 2.05) is 0 Å². The van der Waals surface area contributed by atoms with Gasteiger partial charge in [-0.25, -0.2) is 4.79 Å². The summed E-state index contributed by atoms with van der Waals surface area (Å²) in [7, 11) is 0.904. The zero-order valence-corrected chi connectivity index (χ0v) is 13.7. The van der Waals surface area contributed by atoms with Crippen LogP contribution in [0.3, 0.4) is 0 Å². The molecule has 0 atom stereocenters. The van der Waals surface area contributed by atoms with Crippen LogP contribution < -0.4 is 5.59 Å². The number of halogens is 3. The fourth-order valence-electron chi connectivity index (χ4n) is 2.27. The molecule has 0 aromatic carbocycles. The maximum Gasteiger partial charge on any atom is 0.517 e. The second kappa shape index (κ2) is 5.24. The Balaban J connectivity index is 2.59. The molecule has 0 amide bonds. The molecule has 6 nitrogen and oxygen atoms in total. The van der Waals surface area contributed by atoms with Crippen LogP contribution >= 0.6 is 0 Å². The zero-order valence-electron chi connectivity index (χ0n) is 13.7. The van der Waals surface area contributed by atoms with Crippen LogP contribution in [0.1, 0.15) is 43.7 Å². The lowest BCUT2D eigenvalue weighted by molar-refractivity contribution is -0.137. The van der Waals surface area contributed by atoms with Crippen LogP contribution in [0.5, 0.6) is 0 Å². The summed E-state index contributed by atoms with van der Waals surface area (Å²) < 4.78 is 56.9. The van der Waals surface area contributed by atoms with Crippen molar-refractivity contribution in [1.82, 2.24) is 9.78 Å². The van der Waals surface area contributed by atoms with Crippen LogP contribution in [0.2, 0.25) is 0 Å². The van der Waals surface area contributed by atoms with Gasteiger partial charge in [0, 0.05) is 7.05 Å². The number of hydrogen-bond donors (Lipinski definition) is 0. The summed E-state index contributed by atoms with van der Waals surface area (Å²) in [6, 6.07) is 0. The smallest absolute Gasteiger partial charge is 0.464 e. The minimum Gasteiger partial charge on any atom is -0.464 e. The molecule has 1 aliphatic heterocycles. The number of rotatable bonds is 2. The lowest BCUT2D eigenvalue weighted by Crippen LogP contribution is -2.41. The lowest BCUT2D eigenvalue weighted by Gasteiger charge is -2.32. The van der Waals surface area contributed by atoms with Gasteiger partial charge in [-0.15, -0.1) is 0 Å². The Hall–Kier alpha value is -1.55. The fourth-order valence-corrected chi connectivity index (χ4v) is 2.27. The highest BCUT2D eigenvalue weighted by Gasteiger charge is 2.56. The van der Waals surface area contributed by atoms with Crippen LogP contribution in [-0.2, 0) is 27.3 Å². The number of methoxy groups -OCH3 is 1. The van der Waals surface area contributed by atoms with Gasteiger partial charge in [0.25, 0.3) is 0 Å². The van der Waals surface area contributed by atoms with E-state index < -0.39 is 47.3 Å². The largest absolute Gasteiger partial charge is 0.517 e. The van der Waals surface area contributed by atoms with E-state index in [0.29, 0.717) is 0 Å². The van der Waals surface area contributed by atoms with Gasteiger partial charge >= 0.3 is 19.3 Å². The van der Waals surface area contributed by atoms with E-state index in [-0.39, 0.29) is 0 Å². The predicted molar refractivity (Wildman–Crippen MR) is 75.3 cm³/mol. The van der Waals surface area contributed by atoms with Crippen LogP contribution in [0.25, 0.3) is 0 Å². The highest BCUT2D eigenvalue weighted by atomic mass is 19.4. The molecule has 2 heterocycles. The first-order chi connectivity index (χ1) is 10.3. The minimum atomic E-state index is -4.81. The SMILES string of the molecule is COC(=O)c1c(C(F)(F)F)c(B2OC(C)(C)C(C)(C)O2)nn1C. The molecule has 10 heteroatoms. The summed E-state index contributed by atoms with van der Waals surface area (Å²) in [4.78, 5) is 11.7. The van der Waals surface area contributed by atoms with Gasteiger partial charge in [-0.05, 0) is 27.7 Å². The molecular formula is C13H18BF3N2O4. The van der Waals surface area contributed by atoms with E-state index in [2.05, 4.69) is 9.84 Å². The molecule has 23 heavy (non-hydrogen) atoms. The molecule has 128 valence electrons. The quantitative estimate of drug-likeness (QED) is 0.606. The van der Waals surface area contributed by atoms with Crippen LogP contribution in [0.4, 0.5) is 13.2 Å². The molecule has 1 aromatic rings. The van der Waals surface area contributed by atoms with Gasteiger partial charge in [-0.1, -0.05) is 0 Å². The van der Waals surface area contributed by atoms with Gasteiger partial charge in [0.05, 0.1) is 18.3 Å². The monoisotopic (exact) mass is 334 g/mol. The fraction of sp³-hybridized carbons (Fsp3) is 0.692. The number of ether oxygens (including phenoxy) is 1. The normalized spacial score (nSPS) is 20.0. The average molecular weight is 334 g/mol. The number of carbonyl (C=O) groups excluding carboxylic acids is 1. The number of alkyl halides is 3. The van der Waals surface area contributed by atoms with E-state index in [1.54, 1.807) is 27.7 Å². The summed E-state index contributed by atoms with van der Waals surface area (Å²) in [5.41, 5.74) is -4.04. The second-order valence-corrected chi connectivity index (χ2v) is 6.31. The van der Waals surface area contributed by atoms with Crippen molar-refractivity contribution in [2.75, 3.05) is 7.11 Å². The maximum absolute atomic E-state index is 13.5. The molecule has 0 radical (unpaired) electrons. The Kier molecular flexibility index (Phi) is 4.05. The van der Waals surface area contributed by atoms with E-state index in [9.17, 15) is 18.0 Å². The van der Waals surface area contributed by atoms with E-state index in [1.165, 1.54) is 7.05 Å². The molecule has 0 bridgehead atoms. The van der Waals surface area contributed by atoms with Crippen molar-refractivity contribution < 1.29 is 32.0 Å². The van der Waals surface area contributed by atoms with Gasteiger partial charge < -0.3 is 14.0 Å². The van der Waals surface area contributed by atoms with Crippen molar-refractivity contribution in [3.63, 3.8) is 0 Å². The molecule has 0 unspecified atom stereocenters. The third kappa shape index (κ3) is 2.85. The summed E-state index contributed by atoms with van der Waals surface area (Å²) in [5, 5.41) is 3.81. The van der Waals surface area contributed by atoms with Gasteiger partial charge in [-0.3, -0.25) is 4.68 Å². The molecule has 0 aliphatic carbocycles. The molecule has 1 aromatic heterocycles. The summed E-state index contributed by atoms with van der Waals surface area (Å²) in [6.07, 6.45) is -4.81. The predicted octanol–water partition coefficient (Wildman–Crippen LogP) is 1.52. The van der Waals surface area contributed by atoms with E-state index >= 15 is 0 Å². The average Bonchev–Trinajstić information content (AvgIpc) is 2.83. The van der Waals surface area contributed by atoms with Crippen molar-refractivity contribution in [3.05, 3.63) is 11.3 Å². The number of aryl methyl sites for hydroxylation is 1. The van der Waals surface area contributed by atoms with Crippen LogP contribution in [0.15, 0.2) is 0 Å². The third-order valence-electron chi connectivity index (χ3n) is 4.21. The van der Waals surface area contributed by atoms with Crippen LogP contribution in [0, 0.1) is 0 Å². The Morgan fingerprint density at radius 1 is 1.22 bits per heavy atom. The number of nitrogens with zero attached hydrogens (tertiary/aromatic N) is 2. The number of carbonyl (C=O) groups is 1. The highest BCUT2D eigenvalue weighted by Crippen LogP contribution is 2.38. The standard InChI is InChI=1S/C13H18BF3N2O4/c1-11(2)12(3,4)23-14(22-11)9-7(13(15,16)17)8(10(20)21-6)19(5)18-9/h1-6H3. The van der Waals surface area contributed by atoms with Crippen molar-refractivity contribution in [1.29, 1.82) is 0 Å². The molecule has 0 N–H and O–H groups in total. The lowest BCUT2D eigenvalue weighted by atomic mass is 9.81.